The van der Waals surface area contributed by atoms with Gasteiger partial charge in [-0.1, -0.05) is 30.3 Å². The highest BCUT2D eigenvalue weighted by molar-refractivity contribution is 7.89. The highest BCUT2D eigenvalue weighted by Crippen LogP contribution is 2.19. The van der Waals surface area contributed by atoms with Gasteiger partial charge in [0, 0.05) is 45.8 Å². The third-order valence-corrected chi connectivity index (χ3v) is 6.74. The molecule has 7 nitrogen and oxygen atoms in total. The maximum absolute atomic E-state index is 14.0. The number of morpholine rings is 1. The summed E-state index contributed by atoms with van der Waals surface area (Å²) in [7, 11) is -1.37. The van der Waals surface area contributed by atoms with Crippen molar-refractivity contribution in [2.45, 2.75) is 17.5 Å². The second-order valence-corrected chi connectivity index (χ2v) is 9.48. The number of rotatable bonds is 7. The lowest BCUT2D eigenvalue weighted by molar-refractivity contribution is -0.0292. The van der Waals surface area contributed by atoms with Gasteiger partial charge >= 0.3 is 0 Å². The van der Waals surface area contributed by atoms with E-state index < -0.39 is 26.6 Å². The van der Waals surface area contributed by atoms with Crippen molar-refractivity contribution in [1.82, 2.24) is 14.5 Å². The van der Waals surface area contributed by atoms with Crippen molar-refractivity contribution in [1.29, 1.82) is 0 Å². The molecule has 1 fully saturated rings. The fourth-order valence-electron chi connectivity index (χ4n) is 3.24. The van der Waals surface area contributed by atoms with E-state index in [4.69, 9.17) is 4.74 Å². The summed E-state index contributed by atoms with van der Waals surface area (Å²) in [4.78, 5) is 14.2. The molecule has 1 saturated heterocycles. The van der Waals surface area contributed by atoms with Gasteiger partial charge in [0.05, 0.1) is 12.7 Å². The summed E-state index contributed by atoms with van der Waals surface area (Å²) in [6.45, 7) is 3.12. The maximum atomic E-state index is 14.0. The summed E-state index contributed by atoms with van der Waals surface area (Å²) in [6, 6.07) is 13.4. The molecule has 1 heterocycles. The zero-order chi connectivity index (χ0) is 21.7. The number of carbonyl (C=O) groups is 1. The Morgan fingerprint density at radius 2 is 1.97 bits per heavy atom. The van der Waals surface area contributed by atoms with Crippen molar-refractivity contribution < 1.29 is 22.3 Å². The minimum Gasteiger partial charge on any atom is -0.374 e. The van der Waals surface area contributed by atoms with E-state index in [2.05, 4.69) is 22.3 Å². The molecule has 9 heteroatoms. The van der Waals surface area contributed by atoms with Gasteiger partial charge in [0.2, 0.25) is 10.0 Å². The van der Waals surface area contributed by atoms with E-state index >= 15 is 0 Å². The van der Waals surface area contributed by atoms with Crippen LogP contribution in [0.4, 0.5) is 4.39 Å². The number of amides is 1. The van der Waals surface area contributed by atoms with Crippen molar-refractivity contribution in [2.24, 2.45) is 0 Å². The van der Waals surface area contributed by atoms with Gasteiger partial charge in [0.1, 0.15) is 10.7 Å². The first-order valence-electron chi connectivity index (χ1n) is 9.65. The first-order valence-corrected chi connectivity index (χ1v) is 11.1. The fourth-order valence-corrected chi connectivity index (χ4v) is 4.22. The lowest BCUT2D eigenvalue weighted by atomic mass is 10.1. The average molecular weight is 436 g/mol. The molecule has 3 rings (SSSR count). The Balaban J connectivity index is 1.60. The summed E-state index contributed by atoms with van der Waals surface area (Å²) < 4.78 is 45.2. The van der Waals surface area contributed by atoms with Crippen LogP contribution in [0.3, 0.4) is 0 Å². The molecular formula is C21H26FN3O4S. The van der Waals surface area contributed by atoms with E-state index in [0.29, 0.717) is 13.2 Å². The Hall–Kier alpha value is -2.33. The molecule has 1 aliphatic heterocycles. The van der Waals surface area contributed by atoms with Crippen molar-refractivity contribution in [3.63, 3.8) is 0 Å². The first-order chi connectivity index (χ1) is 14.3. The quantitative estimate of drug-likeness (QED) is 0.716. The largest absolute Gasteiger partial charge is 0.374 e. The van der Waals surface area contributed by atoms with Gasteiger partial charge in [-0.3, -0.25) is 9.69 Å². The van der Waals surface area contributed by atoms with Crippen molar-refractivity contribution in [3.05, 3.63) is 65.5 Å². The molecular weight excluding hydrogens is 409 g/mol. The third kappa shape index (κ3) is 5.42. The summed E-state index contributed by atoms with van der Waals surface area (Å²) in [6.07, 6.45) is -0.183. The van der Waals surface area contributed by atoms with Crippen molar-refractivity contribution in [3.8, 4) is 0 Å². The SMILES string of the molecule is CN(C)S(=O)(=O)c1cc(C(=O)NCC2CN(Cc3ccccc3)CCO2)ccc1F. The number of halogens is 1. The van der Waals surface area contributed by atoms with Gasteiger partial charge in [0.15, 0.2) is 0 Å². The lowest BCUT2D eigenvalue weighted by Crippen LogP contribution is -2.47. The van der Waals surface area contributed by atoms with E-state index in [0.717, 1.165) is 29.5 Å². The summed E-state index contributed by atoms with van der Waals surface area (Å²) in [5.41, 5.74) is 1.29. The van der Waals surface area contributed by atoms with Crippen LogP contribution >= 0.6 is 0 Å². The molecule has 1 amide bonds. The van der Waals surface area contributed by atoms with E-state index in [1.807, 2.05) is 18.2 Å². The lowest BCUT2D eigenvalue weighted by Gasteiger charge is -2.33. The van der Waals surface area contributed by atoms with Gasteiger partial charge in [-0.25, -0.2) is 17.1 Å². The van der Waals surface area contributed by atoms with Gasteiger partial charge in [0.25, 0.3) is 5.91 Å². The monoisotopic (exact) mass is 435 g/mol. The minimum absolute atomic E-state index is 0.0776. The summed E-state index contributed by atoms with van der Waals surface area (Å²) in [5.74, 6) is -1.37. The van der Waals surface area contributed by atoms with Crippen molar-refractivity contribution >= 4 is 15.9 Å². The van der Waals surface area contributed by atoms with Crippen LogP contribution in [0.15, 0.2) is 53.4 Å². The average Bonchev–Trinajstić information content (AvgIpc) is 2.73. The molecule has 0 bridgehead atoms. The smallest absolute Gasteiger partial charge is 0.251 e. The van der Waals surface area contributed by atoms with Gasteiger partial charge in [-0.15, -0.1) is 0 Å². The Bertz CT molecular complexity index is 983. The zero-order valence-electron chi connectivity index (χ0n) is 17.0. The van der Waals surface area contributed by atoms with Crippen LogP contribution in [0.1, 0.15) is 15.9 Å². The van der Waals surface area contributed by atoms with Crippen LogP contribution in [0.25, 0.3) is 0 Å². The molecule has 0 aliphatic carbocycles. The summed E-state index contributed by atoms with van der Waals surface area (Å²) in [5, 5.41) is 2.76. The maximum Gasteiger partial charge on any atom is 0.251 e. The standard InChI is InChI=1S/C21H26FN3O4S/c1-24(2)30(27,28)20-12-17(8-9-19(20)22)21(26)23-13-18-15-25(10-11-29-18)14-16-6-4-3-5-7-16/h3-9,12,18H,10-11,13-15H2,1-2H3,(H,23,26). The molecule has 30 heavy (non-hydrogen) atoms. The molecule has 2 aromatic carbocycles. The molecule has 1 atom stereocenters. The topological polar surface area (TPSA) is 79.0 Å². The van der Waals surface area contributed by atoms with Crippen LogP contribution in [-0.4, -0.2) is 70.0 Å². The minimum atomic E-state index is -3.99. The van der Waals surface area contributed by atoms with E-state index in [1.54, 1.807) is 0 Å². The zero-order valence-corrected chi connectivity index (χ0v) is 17.9. The predicted molar refractivity (Wildman–Crippen MR) is 111 cm³/mol. The molecule has 1 N–H and O–H groups in total. The van der Waals surface area contributed by atoms with Gasteiger partial charge < -0.3 is 10.1 Å². The number of nitrogens with one attached hydrogen (secondary N) is 1. The third-order valence-electron chi connectivity index (χ3n) is 4.91. The predicted octanol–water partition coefficient (Wildman–Crippen LogP) is 1.71. The highest BCUT2D eigenvalue weighted by atomic mass is 32.2. The van der Waals surface area contributed by atoms with E-state index in [9.17, 15) is 17.6 Å². The summed E-state index contributed by atoms with van der Waals surface area (Å²) >= 11 is 0. The number of ether oxygens (including phenoxy) is 1. The number of nitrogens with zero attached hydrogens (tertiary/aromatic N) is 2. The van der Waals surface area contributed by atoms with E-state index in [1.165, 1.54) is 25.7 Å². The first kappa shape index (κ1) is 22.4. The molecule has 0 aromatic heterocycles. The normalized spacial score (nSPS) is 17.8. The number of benzene rings is 2. The van der Waals surface area contributed by atoms with Crippen LogP contribution in [0.5, 0.6) is 0 Å². The number of hydrogen-bond donors (Lipinski definition) is 1. The molecule has 2 aromatic rings. The number of sulfonamides is 1. The van der Waals surface area contributed by atoms with Gasteiger partial charge in [-0.05, 0) is 23.8 Å². The van der Waals surface area contributed by atoms with Gasteiger partial charge in [-0.2, -0.15) is 0 Å². The molecule has 0 saturated carbocycles. The van der Waals surface area contributed by atoms with Crippen LogP contribution in [0.2, 0.25) is 0 Å². The van der Waals surface area contributed by atoms with Crippen LogP contribution in [-0.2, 0) is 21.3 Å². The fraction of sp³-hybridized carbons (Fsp3) is 0.381. The molecule has 1 aliphatic rings. The highest BCUT2D eigenvalue weighted by Gasteiger charge is 2.25. The second-order valence-electron chi connectivity index (χ2n) is 7.36. The molecule has 0 radical (unpaired) electrons. The molecule has 162 valence electrons. The molecule has 1 unspecified atom stereocenters. The Labute approximate surface area is 176 Å². The molecule has 0 spiro atoms. The number of carbonyl (C=O) groups excluding carboxylic acids is 1. The second kappa shape index (κ2) is 9.65. The van der Waals surface area contributed by atoms with Crippen LogP contribution < -0.4 is 5.32 Å². The Morgan fingerprint density at radius 3 is 2.67 bits per heavy atom. The Morgan fingerprint density at radius 1 is 1.23 bits per heavy atom. The number of hydrogen-bond acceptors (Lipinski definition) is 5. The Kier molecular flexibility index (Phi) is 7.19. The van der Waals surface area contributed by atoms with E-state index in [-0.39, 0.29) is 18.2 Å². The van der Waals surface area contributed by atoms with Crippen LogP contribution in [0, 0.1) is 5.82 Å². The van der Waals surface area contributed by atoms with Crippen molar-refractivity contribution in [2.75, 3.05) is 40.3 Å².